The molecule has 8 heteroatoms. The molecule has 8 nitrogen and oxygen atoms in total. The van der Waals surface area contributed by atoms with Crippen LogP contribution in [0.3, 0.4) is 0 Å². The normalized spacial score (nSPS) is 14.7. The van der Waals surface area contributed by atoms with Crippen molar-refractivity contribution in [3.8, 4) is 5.75 Å². The second-order valence-electron chi connectivity index (χ2n) is 11.4. The second kappa shape index (κ2) is 13.4. The lowest BCUT2D eigenvalue weighted by Gasteiger charge is -2.43. The molecule has 0 heterocycles. The number of hydrogen-bond donors (Lipinski definition) is 3. The van der Waals surface area contributed by atoms with E-state index in [1.165, 1.54) is 12.1 Å². The summed E-state index contributed by atoms with van der Waals surface area (Å²) >= 11 is 0. The van der Waals surface area contributed by atoms with Gasteiger partial charge in [0.2, 0.25) is 11.8 Å². The highest BCUT2D eigenvalue weighted by Crippen LogP contribution is 2.34. The lowest BCUT2D eigenvalue weighted by molar-refractivity contribution is -0.147. The zero-order valence-electron chi connectivity index (χ0n) is 23.9. The Morgan fingerprint density at radius 3 is 2.02 bits per heavy atom. The van der Waals surface area contributed by atoms with E-state index in [1.807, 2.05) is 60.7 Å². The zero-order chi connectivity index (χ0) is 29.4. The number of nitrogens with zero attached hydrogens (tertiary/aromatic N) is 1. The molecular formula is C33H39N3O5. The highest BCUT2D eigenvalue weighted by molar-refractivity contribution is 5.92. The van der Waals surface area contributed by atoms with Gasteiger partial charge < -0.3 is 25.4 Å². The monoisotopic (exact) mass is 557 g/mol. The van der Waals surface area contributed by atoms with Crippen LogP contribution in [0.1, 0.15) is 62.8 Å². The third kappa shape index (κ3) is 8.33. The molecule has 0 bridgehead atoms. The molecule has 216 valence electrons. The van der Waals surface area contributed by atoms with E-state index in [9.17, 15) is 19.5 Å². The van der Waals surface area contributed by atoms with Gasteiger partial charge in [0, 0.05) is 19.0 Å². The van der Waals surface area contributed by atoms with Crippen LogP contribution in [0, 0.1) is 0 Å². The molecule has 0 spiro atoms. The fraction of sp³-hybridized carbons (Fsp3) is 0.364. The number of amides is 3. The van der Waals surface area contributed by atoms with Gasteiger partial charge in [0.1, 0.15) is 23.4 Å². The lowest BCUT2D eigenvalue weighted by Crippen LogP contribution is -2.58. The van der Waals surface area contributed by atoms with E-state index in [4.69, 9.17) is 4.74 Å². The van der Waals surface area contributed by atoms with Crippen molar-refractivity contribution >= 4 is 17.9 Å². The first-order valence-electron chi connectivity index (χ1n) is 14.1. The molecule has 0 saturated heterocycles. The molecule has 2 unspecified atom stereocenters. The van der Waals surface area contributed by atoms with Gasteiger partial charge in [0.15, 0.2) is 0 Å². The van der Waals surface area contributed by atoms with E-state index >= 15 is 0 Å². The fourth-order valence-electron chi connectivity index (χ4n) is 4.84. The quantitative estimate of drug-likeness (QED) is 0.315. The Kier molecular flexibility index (Phi) is 9.65. The minimum absolute atomic E-state index is 0.0623. The van der Waals surface area contributed by atoms with E-state index in [1.54, 1.807) is 37.8 Å². The number of phenolic OH excluding ortho intramolecular Hbond substituents is 1. The van der Waals surface area contributed by atoms with Crippen molar-refractivity contribution in [1.29, 1.82) is 0 Å². The Labute approximate surface area is 241 Å². The molecule has 3 aromatic carbocycles. The van der Waals surface area contributed by atoms with E-state index in [0.29, 0.717) is 12.1 Å². The summed E-state index contributed by atoms with van der Waals surface area (Å²) in [5.41, 5.74) is 1.62. The maximum Gasteiger partial charge on any atom is 0.408 e. The third-order valence-electron chi connectivity index (χ3n) is 7.04. The SMILES string of the molecule is CC(C)(C)OC(=O)NC(Cc1ccccc1)C(=O)N(C1CCC1)C(C(=O)NCc1ccccc1)c1ccc(O)cc1. The van der Waals surface area contributed by atoms with Gasteiger partial charge in [-0.25, -0.2) is 4.79 Å². The van der Waals surface area contributed by atoms with Crippen molar-refractivity contribution in [2.75, 3.05) is 0 Å². The predicted molar refractivity (Wildman–Crippen MR) is 157 cm³/mol. The standard InChI is InChI=1S/C33H39N3O5/c1-33(2,3)41-32(40)35-28(21-23-11-6-4-7-12-23)31(39)36(26-15-10-16-26)29(25-17-19-27(37)20-18-25)30(38)34-22-24-13-8-5-9-14-24/h4-9,11-14,17-20,26,28-29,37H,10,15-16,21-22H2,1-3H3,(H,34,38)(H,35,40). The molecular weight excluding hydrogens is 518 g/mol. The molecule has 1 saturated carbocycles. The third-order valence-corrected chi connectivity index (χ3v) is 7.04. The number of carbonyl (C=O) groups is 3. The smallest absolute Gasteiger partial charge is 0.408 e. The van der Waals surface area contributed by atoms with Crippen molar-refractivity contribution in [2.24, 2.45) is 0 Å². The summed E-state index contributed by atoms with van der Waals surface area (Å²) < 4.78 is 5.50. The van der Waals surface area contributed by atoms with Crippen molar-refractivity contribution in [1.82, 2.24) is 15.5 Å². The number of benzene rings is 3. The second-order valence-corrected chi connectivity index (χ2v) is 11.4. The van der Waals surface area contributed by atoms with Gasteiger partial charge in [0.25, 0.3) is 0 Å². The predicted octanol–water partition coefficient (Wildman–Crippen LogP) is 5.27. The van der Waals surface area contributed by atoms with Crippen molar-refractivity contribution in [3.63, 3.8) is 0 Å². The van der Waals surface area contributed by atoms with Gasteiger partial charge in [-0.15, -0.1) is 0 Å². The van der Waals surface area contributed by atoms with Crippen molar-refractivity contribution < 1.29 is 24.2 Å². The molecule has 2 atom stereocenters. The van der Waals surface area contributed by atoms with Crippen LogP contribution in [0.25, 0.3) is 0 Å². The molecule has 0 aliphatic heterocycles. The molecule has 1 fully saturated rings. The van der Waals surface area contributed by atoms with Crippen LogP contribution in [0.2, 0.25) is 0 Å². The maximum atomic E-state index is 14.5. The Balaban J connectivity index is 1.69. The van der Waals surface area contributed by atoms with Gasteiger partial charge in [-0.3, -0.25) is 9.59 Å². The number of rotatable bonds is 10. The maximum absolute atomic E-state index is 14.5. The number of carbonyl (C=O) groups excluding carboxylic acids is 3. The van der Waals surface area contributed by atoms with E-state index < -0.39 is 23.8 Å². The highest BCUT2D eigenvalue weighted by Gasteiger charge is 2.42. The van der Waals surface area contributed by atoms with Gasteiger partial charge in [-0.1, -0.05) is 72.8 Å². The van der Waals surface area contributed by atoms with Crippen molar-refractivity contribution in [2.45, 2.75) is 76.7 Å². The van der Waals surface area contributed by atoms with E-state index in [0.717, 1.165) is 30.4 Å². The summed E-state index contributed by atoms with van der Waals surface area (Å²) in [6.07, 6.45) is 1.96. The Morgan fingerprint density at radius 2 is 1.49 bits per heavy atom. The van der Waals surface area contributed by atoms with Gasteiger partial charge in [-0.2, -0.15) is 0 Å². The number of hydrogen-bond acceptors (Lipinski definition) is 5. The number of ether oxygens (including phenoxy) is 1. The summed E-state index contributed by atoms with van der Waals surface area (Å²) in [5, 5.41) is 15.7. The fourth-order valence-corrected chi connectivity index (χ4v) is 4.84. The summed E-state index contributed by atoms with van der Waals surface area (Å²) in [7, 11) is 0. The van der Waals surface area contributed by atoms with Crippen LogP contribution in [-0.2, 0) is 27.3 Å². The van der Waals surface area contributed by atoms with Crippen LogP contribution in [0.5, 0.6) is 5.75 Å². The summed E-state index contributed by atoms with van der Waals surface area (Å²) in [5.74, 6) is -0.639. The summed E-state index contributed by atoms with van der Waals surface area (Å²) in [4.78, 5) is 42.9. The van der Waals surface area contributed by atoms with Crippen LogP contribution in [-0.4, -0.2) is 45.6 Å². The van der Waals surface area contributed by atoms with Crippen molar-refractivity contribution in [3.05, 3.63) is 102 Å². The minimum atomic E-state index is -0.964. The molecule has 3 amide bonds. The van der Waals surface area contributed by atoms with Crippen LogP contribution in [0.15, 0.2) is 84.9 Å². The van der Waals surface area contributed by atoms with E-state index in [-0.39, 0.29) is 30.0 Å². The molecule has 0 radical (unpaired) electrons. The Bertz CT molecular complexity index is 1300. The molecule has 3 N–H and O–H groups in total. The first-order valence-corrected chi connectivity index (χ1v) is 14.1. The number of aromatic hydroxyl groups is 1. The first kappa shape index (κ1) is 29.6. The van der Waals surface area contributed by atoms with Crippen LogP contribution in [0.4, 0.5) is 4.79 Å². The molecule has 1 aliphatic carbocycles. The topological polar surface area (TPSA) is 108 Å². The molecule has 41 heavy (non-hydrogen) atoms. The summed E-state index contributed by atoms with van der Waals surface area (Å²) in [6, 6.07) is 23.2. The van der Waals surface area contributed by atoms with Gasteiger partial charge in [0.05, 0.1) is 0 Å². The number of phenols is 1. The van der Waals surface area contributed by atoms with Crippen LogP contribution < -0.4 is 10.6 Å². The minimum Gasteiger partial charge on any atom is -0.508 e. The largest absolute Gasteiger partial charge is 0.508 e. The molecule has 1 aliphatic rings. The van der Waals surface area contributed by atoms with Crippen LogP contribution >= 0.6 is 0 Å². The Hall–Kier alpha value is -4.33. The van der Waals surface area contributed by atoms with Gasteiger partial charge >= 0.3 is 6.09 Å². The average molecular weight is 558 g/mol. The molecule has 3 aromatic rings. The highest BCUT2D eigenvalue weighted by atomic mass is 16.6. The first-order chi connectivity index (χ1) is 19.6. The average Bonchev–Trinajstić information content (AvgIpc) is 2.91. The summed E-state index contributed by atoms with van der Waals surface area (Å²) in [6.45, 7) is 5.59. The lowest BCUT2D eigenvalue weighted by atomic mass is 9.87. The Morgan fingerprint density at radius 1 is 0.902 bits per heavy atom. The van der Waals surface area contributed by atoms with Gasteiger partial charge in [-0.05, 0) is 68.9 Å². The molecule has 4 rings (SSSR count). The number of alkyl carbamates (subject to hydrolysis) is 1. The number of nitrogens with one attached hydrogen (secondary N) is 2. The van der Waals surface area contributed by atoms with E-state index in [2.05, 4.69) is 10.6 Å². The molecule has 0 aromatic heterocycles. The zero-order valence-corrected chi connectivity index (χ0v) is 23.9.